The number of hydrogen-bond acceptors (Lipinski definition) is 4. The third kappa shape index (κ3) is 2.31. The number of carbonyl (C=O) groups is 1. The minimum atomic E-state index is -1.64. The Bertz CT molecular complexity index is 459. The van der Waals surface area contributed by atoms with Crippen molar-refractivity contribution in [3.63, 3.8) is 0 Å². The van der Waals surface area contributed by atoms with Crippen LogP contribution in [0.5, 0.6) is 5.75 Å². The largest absolute Gasteiger partial charge is 0.493 e. The molecule has 0 saturated heterocycles. The Balaban J connectivity index is 2.39. The van der Waals surface area contributed by atoms with E-state index in [1.165, 1.54) is 6.07 Å². The van der Waals surface area contributed by atoms with Gasteiger partial charge < -0.3 is 14.6 Å². The van der Waals surface area contributed by atoms with Crippen LogP contribution >= 0.6 is 0 Å². The molecule has 1 unspecified atom stereocenters. The van der Waals surface area contributed by atoms with Gasteiger partial charge in [0.1, 0.15) is 11.6 Å². The predicted molar refractivity (Wildman–Crippen MR) is 61.8 cm³/mol. The number of ether oxygens (including phenoxy) is 2. The maximum absolute atomic E-state index is 13.8. The molecule has 98 valence electrons. The Kier molecular flexibility index (Phi) is 3.81. The molecule has 1 atom stereocenters. The molecular formula is C13H15FO4. The van der Waals surface area contributed by atoms with Gasteiger partial charge in [0.2, 0.25) is 0 Å². The van der Waals surface area contributed by atoms with Crippen LogP contribution in [0.25, 0.3) is 0 Å². The van der Waals surface area contributed by atoms with Gasteiger partial charge in [-0.1, -0.05) is 6.07 Å². The molecule has 0 radical (unpaired) electrons. The molecule has 0 saturated carbocycles. The van der Waals surface area contributed by atoms with Crippen LogP contribution in [-0.2, 0) is 16.0 Å². The average Bonchev–Trinajstić information content (AvgIpc) is 2.38. The minimum Gasteiger partial charge on any atom is -0.493 e. The van der Waals surface area contributed by atoms with Crippen molar-refractivity contribution in [2.45, 2.75) is 25.9 Å². The monoisotopic (exact) mass is 254 g/mol. The number of esters is 1. The van der Waals surface area contributed by atoms with E-state index in [2.05, 4.69) is 0 Å². The number of aliphatic hydroxyl groups is 1. The molecule has 1 heterocycles. The third-order valence-electron chi connectivity index (χ3n) is 2.84. The summed E-state index contributed by atoms with van der Waals surface area (Å²) in [6.45, 7) is 2.21. The van der Waals surface area contributed by atoms with Gasteiger partial charge in [0.15, 0.2) is 6.10 Å². The zero-order valence-corrected chi connectivity index (χ0v) is 10.1. The fourth-order valence-corrected chi connectivity index (χ4v) is 2.02. The summed E-state index contributed by atoms with van der Waals surface area (Å²) in [5.74, 6) is -1.24. The van der Waals surface area contributed by atoms with E-state index in [1.54, 1.807) is 13.0 Å². The second-order valence-corrected chi connectivity index (χ2v) is 4.06. The van der Waals surface area contributed by atoms with Gasteiger partial charge in [-0.25, -0.2) is 9.18 Å². The van der Waals surface area contributed by atoms with E-state index >= 15 is 0 Å². The smallest absolute Gasteiger partial charge is 0.339 e. The van der Waals surface area contributed by atoms with Gasteiger partial charge in [0.05, 0.1) is 18.8 Å². The van der Waals surface area contributed by atoms with Crippen LogP contribution in [0.15, 0.2) is 12.1 Å². The van der Waals surface area contributed by atoms with Crippen molar-refractivity contribution in [1.29, 1.82) is 0 Å². The Hall–Kier alpha value is -1.62. The van der Waals surface area contributed by atoms with E-state index in [-0.39, 0.29) is 17.9 Å². The minimum absolute atomic E-state index is 0.120. The van der Waals surface area contributed by atoms with Crippen LogP contribution in [0.4, 0.5) is 4.39 Å². The first-order valence-electron chi connectivity index (χ1n) is 5.94. The molecule has 1 aliphatic rings. The van der Waals surface area contributed by atoms with Crippen LogP contribution in [0.2, 0.25) is 0 Å². The topological polar surface area (TPSA) is 55.8 Å². The molecule has 4 nitrogen and oxygen atoms in total. The van der Waals surface area contributed by atoms with Gasteiger partial charge in [-0.3, -0.25) is 0 Å². The van der Waals surface area contributed by atoms with E-state index in [1.807, 2.05) is 0 Å². The molecule has 1 aliphatic heterocycles. The lowest BCUT2D eigenvalue weighted by Gasteiger charge is -2.22. The number of fused-ring (bicyclic) bond motifs is 1. The van der Waals surface area contributed by atoms with Crippen molar-refractivity contribution in [1.82, 2.24) is 0 Å². The third-order valence-corrected chi connectivity index (χ3v) is 2.84. The second kappa shape index (κ2) is 5.35. The van der Waals surface area contributed by atoms with E-state index in [9.17, 15) is 14.3 Å². The van der Waals surface area contributed by atoms with E-state index in [0.29, 0.717) is 6.61 Å². The van der Waals surface area contributed by atoms with E-state index < -0.39 is 17.9 Å². The summed E-state index contributed by atoms with van der Waals surface area (Å²) >= 11 is 0. The van der Waals surface area contributed by atoms with Gasteiger partial charge in [0, 0.05) is 0 Å². The fraction of sp³-hybridized carbons (Fsp3) is 0.462. The molecule has 0 fully saturated rings. The lowest BCUT2D eigenvalue weighted by molar-refractivity contribution is -0.153. The van der Waals surface area contributed by atoms with Gasteiger partial charge in [-0.15, -0.1) is 0 Å². The van der Waals surface area contributed by atoms with Crippen molar-refractivity contribution in [3.8, 4) is 5.75 Å². The Morgan fingerprint density at radius 1 is 1.61 bits per heavy atom. The molecule has 0 bridgehead atoms. The summed E-state index contributed by atoms with van der Waals surface area (Å²) in [6.07, 6.45) is -0.0517. The number of halogens is 1. The summed E-state index contributed by atoms with van der Waals surface area (Å²) in [7, 11) is 0. The molecule has 0 amide bonds. The standard InChI is InChI=1S/C13H15FO4/c1-2-17-13(16)11(15)10-9(14)6-5-8-4-3-7-18-12(8)10/h5-6,11,15H,2-4,7H2,1H3. The number of benzene rings is 1. The maximum atomic E-state index is 13.8. The highest BCUT2D eigenvalue weighted by Crippen LogP contribution is 2.35. The Morgan fingerprint density at radius 3 is 3.11 bits per heavy atom. The Morgan fingerprint density at radius 2 is 2.39 bits per heavy atom. The summed E-state index contributed by atoms with van der Waals surface area (Å²) in [5.41, 5.74) is 0.687. The van der Waals surface area contributed by atoms with Crippen molar-refractivity contribution < 1.29 is 23.8 Å². The van der Waals surface area contributed by atoms with Gasteiger partial charge >= 0.3 is 5.97 Å². The molecular weight excluding hydrogens is 239 g/mol. The highest BCUT2D eigenvalue weighted by molar-refractivity contribution is 5.77. The van der Waals surface area contributed by atoms with Crippen molar-refractivity contribution in [2.75, 3.05) is 13.2 Å². The Labute approximate surface area is 104 Å². The van der Waals surface area contributed by atoms with Crippen LogP contribution in [0, 0.1) is 5.82 Å². The first kappa shape index (κ1) is 12.8. The molecule has 2 rings (SSSR count). The number of hydrogen-bond donors (Lipinski definition) is 1. The van der Waals surface area contributed by atoms with Gasteiger partial charge in [-0.2, -0.15) is 0 Å². The molecule has 5 heteroatoms. The summed E-state index contributed by atoms with van der Waals surface area (Å²) < 4.78 is 23.9. The summed E-state index contributed by atoms with van der Waals surface area (Å²) in [4.78, 5) is 11.5. The SMILES string of the molecule is CCOC(=O)C(O)c1c(F)ccc2c1OCCC2. The number of carbonyl (C=O) groups excluding carboxylic acids is 1. The van der Waals surface area contributed by atoms with E-state index in [0.717, 1.165) is 18.4 Å². The first-order chi connectivity index (χ1) is 8.65. The summed E-state index contributed by atoms with van der Waals surface area (Å²) in [5, 5.41) is 9.86. The zero-order valence-electron chi connectivity index (χ0n) is 10.1. The number of aliphatic hydroxyl groups excluding tert-OH is 1. The second-order valence-electron chi connectivity index (χ2n) is 4.06. The molecule has 0 aliphatic carbocycles. The van der Waals surface area contributed by atoms with Crippen molar-refractivity contribution >= 4 is 5.97 Å². The lowest BCUT2D eigenvalue weighted by Crippen LogP contribution is -2.20. The van der Waals surface area contributed by atoms with Crippen LogP contribution < -0.4 is 4.74 Å². The highest BCUT2D eigenvalue weighted by Gasteiger charge is 2.29. The molecule has 1 aromatic carbocycles. The summed E-state index contributed by atoms with van der Waals surface area (Å²) in [6, 6.07) is 2.86. The zero-order chi connectivity index (χ0) is 13.1. The quantitative estimate of drug-likeness (QED) is 0.835. The van der Waals surface area contributed by atoms with Crippen molar-refractivity contribution in [3.05, 3.63) is 29.1 Å². The molecule has 1 N–H and O–H groups in total. The van der Waals surface area contributed by atoms with Crippen LogP contribution in [-0.4, -0.2) is 24.3 Å². The molecule has 18 heavy (non-hydrogen) atoms. The van der Waals surface area contributed by atoms with Crippen molar-refractivity contribution in [2.24, 2.45) is 0 Å². The predicted octanol–water partition coefficient (Wildman–Crippen LogP) is 1.75. The highest BCUT2D eigenvalue weighted by atomic mass is 19.1. The fourth-order valence-electron chi connectivity index (χ4n) is 2.02. The van der Waals surface area contributed by atoms with Crippen LogP contribution in [0.1, 0.15) is 30.6 Å². The molecule has 0 aromatic heterocycles. The average molecular weight is 254 g/mol. The van der Waals surface area contributed by atoms with E-state index in [4.69, 9.17) is 9.47 Å². The molecule has 0 spiro atoms. The first-order valence-corrected chi connectivity index (χ1v) is 5.94. The van der Waals surface area contributed by atoms with Gasteiger partial charge in [-0.05, 0) is 31.4 Å². The van der Waals surface area contributed by atoms with Gasteiger partial charge in [0.25, 0.3) is 0 Å². The normalized spacial score (nSPS) is 15.5. The maximum Gasteiger partial charge on any atom is 0.339 e. The van der Waals surface area contributed by atoms with Crippen LogP contribution in [0.3, 0.4) is 0 Å². The number of aryl methyl sites for hydroxylation is 1. The molecule has 1 aromatic rings. The number of rotatable bonds is 3. The lowest BCUT2D eigenvalue weighted by atomic mass is 9.98.